The maximum atomic E-state index is 14.8. The number of benzene rings is 2. The maximum absolute atomic E-state index is 14.8. The van der Waals surface area contributed by atoms with E-state index in [-0.39, 0.29) is 24.8 Å². The second-order valence-electron chi connectivity index (χ2n) is 10.6. The van der Waals surface area contributed by atoms with Crippen LogP contribution in [0, 0.1) is 11.6 Å². The fourth-order valence-electron chi connectivity index (χ4n) is 4.52. The summed E-state index contributed by atoms with van der Waals surface area (Å²) in [5.74, 6) is -1.26. The van der Waals surface area contributed by atoms with Crippen molar-refractivity contribution >= 4 is 17.6 Å². The summed E-state index contributed by atoms with van der Waals surface area (Å²) in [6, 6.07) is 11.1. The van der Waals surface area contributed by atoms with E-state index in [1.807, 2.05) is 20.8 Å². The minimum atomic E-state index is -0.685. The topological polar surface area (TPSA) is 77.5 Å². The lowest BCUT2D eigenvalue weighted by Gasteiger charge is -2.32. The molecule has 8 nitrogen and oxygen atoms in total. The van der Waals surface area contributed by atoms with Gasteiger partial charge in [0.05, 0.1) is 25.0 Å². The molecule has 0 aromatic heterocycles. The Labute approximate surface area is 222 Å². The number of amides is 3. The molecule has 2 aromatic carbocycles. The maximum Gasteiger partial charge on any atom is 0.318 e. The predicted octanol–water partition coefficient (Wildman–Crippen LogP) is 3.78. The number of nitrogens with zero attached hydrogens (tertiary/aromatic N) is 4. The summed E-state index contributed by atoms with van der Waals surface area (Å²) in [4.78, 5) is 30.5. The highest BCUT2D eigenvalue weighted by Crippen LogP contribution is 2.34. The first-order chi connectivity index (χ1) is 18.1. The first kappa shape index (κ1) is 27.7. The summed E-state index contributed by atoms with van der Waals surface area (Å²) in [6.45, 7) is 9.11. The van der Waals surface area contributed by atoms with Gasteiger partial charge in [-0.1, -0.05) is 30.3 Å². The van der Waals surface area contributed by atoms with Gasteiger partial charge in [0.1, 0.15) is 18.2 Å². The second-order valence-corrected chi connectivity index (χ2v) is 10.6. The fraction of sp³-hybridized carbons (Fsp3) is 0.464. The van der Waals surface area contributed by atoms with Gasteiger partial charge in [-0.3, -0.25) is 9.69 Å². The third-order valence-electron chi connectivity index (χ3n) is 6.49. The van der Waals surface area contributed by atoms with Gasteiger partial charge in [0.2, 0.25) is 0 Å². The van der Waals surface area contributed by atoms with Crippen molar-refractivity contribution in [2.45, 2.75) is 38.8 Å². The first-order valence-electron chi connectivity index (χ1n) is 12.9. The van der Waals surface area contributed by atoms with Crippen LogP contribution in [0.5, 0.6) is 0 Å². The summed E-state index contributed by atoms with van der Waals surface area (Å²) >= 11 is 0. The van der Waals surface area contributed by atoms with Crippen molar-refractivity contribution in [3.8, 4) is 0 Å². The lowest BCUT2D eigenvalue weighted by Crippen LogP contribution is -2.53. The molecule has 2 heterocycles. The van der Waals surface area contributed by atoms with Crippen molar-refractivity contribution < 1.29 is 23.1 Å². The summed E-state index contributed by atoms with van der Waals surface area (Å²) in [6.07, 6.45) is 0.264. The standard InChI is InChI=1S/C28H35F2N5O3/c1-28(2,3)31-27(37)34(13-12-33-14-16-38-17-15-33)19-26(36)35-25(22-6-4-5-7-23(22)30)18-24(32-35)20-8-10-21(29)11-9-20/h4-11,25H,12-19H2,1-3H3,(H,31,37)/t25-/m1/s1. The molecule has 0 bridgehead atoms. The Kier molecular flexibility index (Phi) is 8.73. The van der Waals surface area contributed by atoms with Crippen molar-refractivity contribution in [3.63, 3.8) is 0 Å². The molecule has 0 spiro atoms. The number of ether oxygens (including phenoxy) is 1. The van der Waals surface area contributed by atoms with Crippen LogP contribution < -0.4 is 5.32 Å². The monoisotopic (exact) mass is 527 g/mol. The summed E-state index contributed by atoms with van der Waals surface area (Å²) in [5, 5.41) is 8.75. The van der Waals surface area contributed by atoms with Crippen LogP contribution >= 0.6 is 0 Å². The van der Waals surface area contributed by atoms with Crippen LogP contribution in [0.25, 0.3) is 0 Å². The van der Waals surface area contributed by atoms with Gasteiger partial charge in [0, 0.05) is 43.7 Å². The number of rotatable bonds is 7. The highest BCUT2D eigenvalue weighted by molar-refractivity contribution is 6.03. The van der Waals surface area contributed by atoms with Crippen LogP contribution in [-0.4, -0.2) is 83.9 Å². The highest BCUT2D eigenvalue weighted by Gasteiger charge is 2.36. The molecule has 2 aromatic rings. The average Bonchev–Trinajstić information content (AvgIpc) is 3.32. The van der Waals surface area contributed by atoms with E-state index < -0.39 is 23.3 Å². The second kappa shape index (κ2) is 12.0. The number of carbonyl (C=O) groups is 2. The van der Waals surface area contributed by atoms with E-state index in [4.69, 9.17) is 4.74 Å². The van der Waals surface area contributed by atoms with E-state index in [0.717, 1.165) is 13.1 Å². The Hall–Kier alpha value is -3.37. The molecule has 3 amide bonds. The van der Waals surface area contributed by atoms with Crippen molar-refractivity contribution in [1.82, 2.24) is 20.1 Å². The molecule has 2 aliphatic heterocycles. The van der Waals surface area contributed by atoms with Crippen molar-refractivity contribution in [3.05, 3.63) is 71.3 Å². The fourth-order valence-corrected chi connectivity index (χ4v) is 4.52. The lowest BCUT2D eigenvalue weighted by molar-refractivity contribution is -0.133. The molecule has 1 saturated heterocycles. The summed E-state index contributed by atoms with van der Waals surface area (Å²) < 4.78 is 33.8. The van der Waals surface area contributed by atoms with Gasteiger partial charge < -0.3 is 15.0 Å². The zero-order valence-electron chi connectivity index (χ0n) is 22.1. The quantitative estimate of drug-likeness (QED) is 0.595. The summed E-state index contributed by atoms with van der Waals surface area (Å²) in [7, 11) is 0. The molecule has 0 radical (unpaired) electrons. The van der Waals surface area contributed by atoms with Gasteiger partial charge in [0.15, 0.2) is 0 Å². The van der Waals surface area contributed by atoms with Crippen LogP contribution in [0.3, 0.4) is 0 Å². The molecule has 0 aliphatic carbocycles. The minimum Gasteiger partial charge on any atom is -0.379 e. The largest absolute Gasteiger partial charge is 0.379 e. The Bertz CT molecular complexity index is 1160. The van der Waals surface area contributed by atoms with Crippen LogP contribution in [0.4, 0.5) is 13.6 Å². The Morgan fingerprint density at radius 1 is 1.08 bits per heavy atom. The molecule has 10 heteroatoms. The van der Waals surface area contributed by atoms with Gasteiger partial charge in [-0.2, -0.15) is 5.10 Å². The first-order valence-corrected chi connectivity index (χ1v) is 12.9. The number of nitrogens with one attached hydrogen (secondary N) is 1. The molecule has 1 N–H and O–H groups in total. The molecule has 4 rings (SSSR count). The molecule has 204 valence electrons. The molecular formula is C28H35F2N5O3. The molecule has 2 aliphatic rings. The van der Waals surface area contributed by atoms with Gasteiger partial charge in [-0.15, -0.1) is 0 Å². The SMILES string of the molecule is CC(C)(C)NC(=O)N(CCN1CCOCC1)CC(=O)N1N=C(c2ccc(F)cc2)C[C@@H]1c1ccccc1F. The van der Waals surface area contributed by atoms with Crippen molar-refractivity contribution in [2.75, 3.05) is 45.9 Å². The van der Waals surface area contributed by atoms with Gasteiger partial charge in [-0.05, 0) is 44.5 Å². The Balaban J connectivity index is 1.58. The molecule has 1 atom stereocenters. The molecular weight excluding hydrogens is 492 g/mol. The Morgan fingerprint density at radius 3 is 2.42 bits per heavy atom. The molecule has 0 unspecified atom stereocenters. The van der Waals surface area contributed by atoms with Crippen LogP contribution in [-0.2, 0) is 9.53 Å². The third kappa shape index (κ3) is 7.14. The van der Waals surface area contributed by atoms with Crippen molar-refractivity contribution in [1.29, 1.82) is 0 Å². The van der Waals surface area contributed by atoms with Crippen LogP contribution in [0.2, 0.25) is 0 Å². The van der Waals surface area contributed by atoms with E-state index in [9.17, 15) is 18.4 Å². The number of hydrogen-bond donors (Lipinski definition) is 1. The number of hydrogen-bond acceptors (Lipinski definition) is 5. The molecule has 1 fully saturated rings. The van der Waals surface area contributed by atoms with E-state index in [1.54, 1.807) is 30.3 Å². The number of morpholine rings is 1. The van der Waals surface area contributed by atoms with Gasteiger partial charge >= 0.3 is 6.03 Å². The zero-order chi connectivity index (χ0) is 27.3. The predicted molar refractivity (Wildman–Crippen MR) is 141 cm³/mol. The lowest BCUT2D eigenvalue weighted by atomic mass is 9.98. The summed E-state index contributed by atoms with van der Waals surface area (Å²) in [5.41, 5.74) is 1.04. The van der Waals surface area contributed by atoms with E-state index in [1.165, 1.54) is 28.1 Å². The number of carbonyl (C=O) groups excluding carboxylic acids is 2. The van der Waals surface area contributed by atoms with E-state index in [2.05, 4.69) is 15.3 Å². The minimum absolute atomic E-state index is 0.225. The number of urea groups is 1. The van der Waals surface area contributed by atoms with E-state index in [0.29, 0.717) is 43.1 Å². The normalized spacial score (nSPS) is 18.3. The van der Waals surface area contributed by atoms with Crippen LogP contribution in [0.15, 0.2) is 53.6 Å². The van der Waals surface area contributed by atoms with E-state index >= 15 is 0 Å². The smallest absolute Gasteiger partial charge is 0.318 e. The number of halogens is 2. The van der Waals surface area contributed by atoms with Gasteiger partial charge in [0.25, 0.3) is 5.91 Å². The average molecular weight is 528 g/mol. The number of hydrazone groups is 1. The zero-order valence-corrected chi connectivity index (χ0v) is 22.1. The van der Waals surface area contributed by atoms with Gasteiger partial charge in [-0.25, -0.2) is 18.6 Å². The highest BCUT2D eigenvalue weighted by atomic mass is 19.1. The van der Waals surface area contributed by atoms with Crippen molar-refractivity contribution in [2.24, 2.45) is 5.10 Å². The van der Waals surface area contributed by atoms with Crippen LogP contribution in [0.1, 0.15) is 44.4 Å². The molecule has 0 saturated carbocycles. The third-order valence-corrected chi connectivity index (χ3v) is 6.49. The molecule has 38 heavy (non-hydrogen) atoms. The Morgan fingerprint density at radius 2 is 1.76 bits per heavy atom.